The lowest BCUT2D eigenvalue weighted by Gasteiger charge is -2.10. The summed E-state index contributed by atoms with van der Waals surface area (Å²) in [6.07, 6.45) is 14.7. The van der Waals surface area contributed by atoms with Gasteiger partial charge in [0.15, 0.2) is 0 Å². The first-order chi connectivity index (χ1) is 9.20. The summed E-state index contributed by atoms with van der Waals surface area (Å²) in [5.74, 6) is 8.36. The van der Waals surface area contributed by atoms with E-state index in [1.54, 1.807) is 0 Å². The topological polar surface area (TPSA) is 0 Å². The predicted octanol–water partition coefficient (Wildman–Crippen LogP) is 6.59. The van der Waals surface area contributed by atoms with Gasteiger partial charge in [0, 0.05) is 12.3 Å². The Morgan fingerprint density at radius 2 is 1.26 bits per heavy atom. The molecule has 0 aromatic heterocycles. The van der Waals surface area contributed by atoms with E-state index in [-0.39, 0.29) is 0 Å². The van der Waals surface area contributed by atoms with Crippen molar-refractivity contribution < 1.29 is 0 Å². The molecule has 0 aliphatic rings. The van der Waals surface area contributed by atoms with Crippen LogP contribution in [0, 0.1) is 23.7 Å². The van der Waals surface area contributed by atoms with E-state index in [9.17, 15) is 0 Å². The Morgan fingerprint density at radius 3 is 1.68 bits per heavy atom. The second-order valence-electron chi connectivity index (χ2n) is 6.31. The molecule has 19 heavy (non-hydrogen) atoms. The average molecular weight is 264 g/mol. The van der Waals surface area contributed by atoms with Crippen molar-refractivity contribution in [2.45, 2.75) is 98.3 Å². The van der Waals surface area contributed by atoms with Crippen LogP contribution in [-0.2, 0) is 0 Å². The summed E-state index contributed by atoms with van der Waals surface area (Å²) in [7, 11) is 0. The van der Waals surface area contributed by atoms with Crippen LogP contribution < -0.4 is 0 Å². The Hall–Kier alpha value is -0.440. The molecule has 0 amide bonds. The molecule has 0 aromatic carbocycles. The first-order valence-corrected chi connectivity index (χ1v) is 8.69. The maximum Gasteiger partial charge on any atom is 0.0202 e. The minimum Gasteiger partial charge on any atom is -0.103 e. The largest absolute Gasteiger partial charge is 0.103 e. The van der Waals surface area contributed by atoms with E-state index in [2.05, 4.69) is 39.5 Å². The van der Waals surface area contributed by atoms with E-state index in [4.69, 9.17) is 0 Å². The van der Waals surface area contributed by atoms with Crippen molar-refractivity contribution in [1.82, 2.24) is 0 Å². The summed E-state index contributed by atoms with van der Waals surface area (Å²) in [6.45, 7) is 9.08. The second-order valence-corrected chi connectivity index (χ2v) is 6.31. The zero-order valence-corrected chi connectivity index (χ0v) is 13.9. The Bertz CT molecular complexity index is 216. The van der Waals surface area contributed by atoms with Crippen molar-refractivity contribution in [3.05, 3.63) is 0 Å². The maximum absolute atomic E-state index is 3.55. The lowest BCUT2D eigenvalue weighted by Crippen LogP contribution is -1.98. The second kappa shape index (κ2) is 14.0. The third-order valence-corrected chi connectivity index (χ3v) is 3.63. The number of unbranched alkanes of at least 4 members (excludes halogenated alkanes) is 6. The van der Waals surface area contributed by atoms with Gasteiger partial charge in [-0.15, -0.1) is 5.92 Å². The third kappa shape index (κ3) is 13.8. The van der Waals surface area contributed by atoms with Gasteiger partial charge in [-0.25, -0.2) is 0 Å². The van der Waals surface area contributed by atoms with Gasteiger partial charge in [0.25, 0.3) is 0 Å². The highest BCUT2D eigenvalue weighted by Gasteiger charge is 2.05. The summed E-state index contributed by atoms with van der Waals surface area (Å²) >= 11 is 0. The molecule has 0 bridgehead atoms. The molecule has 0 rings (SSSR count). The Kier molecular flexibility index (Phi) is 13.7. The van der Waals surface area contributed by atoms with E-state index in [1.807, 2.05) is 0 Å². The van der Waals surface area contributed by atoms with E-state index in [1.165, 1.54) is 64.2 Å². The van der Waals surface area contributed by atoms with E-state index >= 15 is 0 Å². The van der Waals surface area contributed by atoms with Crippen LogP contribution in [0.15, 0.2) is 0 Å². The maximum atomic E-state index is 3.55. The molecule has 0 unspecified atom stereocenters. The third-order valence-electron chi connectivity index (χ3n) is 3.63. The Labute approximate surface area is 122 Å². The fourth-order valence-electron chi connectivity index (χ4n) is 2.33. The van der Waals surface area contributed by atoms with E-state index in [0.717, 1.165) is 6.42 Å². The standard InChI is InChI=1S/C19H36/c1-5-7-9-11-15-19(16-12-10-8-6-2)17-13-14-18(3)4/h18-19H,5-12,14-16H2,1-4H3. The highest BCUT2D eigenvalue weighted by molar-refractivity contribution is 5.04. The molecule has 0 N–H and O–H groups in total. The first-order valence-electron chi connectivity index (χ1n) is 8.69. The smallest absolute Gasteiger partial charge is 0.0202 e. The molecule has 0 spiro atoms. The van der Waals surface area contributed by atoms with Crippen LogP contribution in [0.4, 0.5) is 0 Å². The fourth-order valence-corrected chi connectivity index (χ4v) is 2.33. The van der Waals surface area contributed by atoms with Gasteiger partial charge in [0.1, 0.15) is 0 Å². The van der Waals surface area contributed by atoms with Gasteiger partial charge in [-0.3, -0.25) is 0 Å². The zero-order valence-electron chi connectivity index (χ0n) is 13.9. The van der Waals surface area contributed by atoms with Crippen molar-refractivity contribution in [2.75, 3.05) is 0 Å². The Balaban J connectivity index is 3.94. The Morgan fingerprint density at radius 1 is 0.737 bits per heavy atom. The van der Waals surface area contributed by atoms with Crippen molar-refractivity contribution in [3.8, 4) is 11.8 Å². The number of rotatable bonds is 11. The zero-order chi connectivity index (χ0) is 14.3. The molecule has 0 heteroatoms. The van der Waals surface area contributed by atoms with Gasteiger partial charge in [-0.05, 0) is 18.8 Å². The molecule has 0 saturated heterocycles. The molecule has 112 valence electrons. The van der Waals surface area contributed by atoms with Crippen molar-refractivity contribution >= 4 is 0 Å². The lowest BCUT2D eigenvalue weighted by molar-refractivity contribution is 0.484. The molecule has 0 aromatic rings. The van der Waals surface area contributed by atoms with Crippen LogP contribution >= 0.6 is 0 Å². The van der Waals surface area contributed by atoms with Gasteiger partial charge in [-0.1, -0.05) is 85.0 Å². The quantitative estimate of drug-likeness (QED) is 0.291. The molecular formula is C19H36. The minimum absolute atomic E-state index is 0.674. The summed E-state index contributed by atoms with van der Waals surface area (Å²) in [6, 6.07) is 0. The molecule has 0 saturated carbocycles. The summed E-state index contributed by atoms with van der Waals surface area (Å²) < 4.78 is 0. The van der Waals surface area contributed by atoms with Crippen LogP contribution in [0.5, 0.6) is 0 Å². The summed E-state index contributed by atoms with van der Waals surface area (Å²) in [5.41, 5.74) is 0. The van der Waals surface area contributed by atoms with Crippen molar-refractivity contribution in [1.29, 1.82) is 0 Å². The average Bonchev–Trinajstić information content (AvgIpc) is 2.38. The molecular weight excluding hydrogens is 228 g/mol. The first kappa shape index (κ1) is 18.6. The SMILES string of the molecule is CCCCCCC(C#CCC(C)C)CCCCCC. The molecule has 0 aliphatic heterocycles. The van der Waals surface area contributed by atoms with Crippen molar-refractivity contribution in [3.63, 3.8) is 0 Å². The van der Waals surface area contributed by atoms with Crippen molar-refractivity contribution in [2.24, 2.45) is 11.8 Å². The van der Waals surface area contributed by atoms with Gasteiger partial charge >= 0.3 is 0 Å². The minimum atomic E-state index is 0.674. The fraction of sp³-hybridized carbons (Fsp3) is 0.895. The van der Waals surface area contributed by atoms with Gasteiger partial charge in [-0.2, -0.15) is 0 Å². The lowest BCUT2D eigenvalue weighted by atomic mass is 9.94. The number of hydrogen-bond acceptors (Lipinski definition) is 0. The predicted molar refractivity (Wildman–Crippen MR) is 88.2 cm³/mol. The van der Waals surface area contributed by atoms with Crippen LogP contribution in [0.2, 0.25) is 0 Å². The molecule has 0 nitrogen and oxygen atoms in total. The molecule has 0 radical (unpaired) electrons. The normalized spacial score (nSPS) is 10.8. The molecule has 0 fully saturated rings. The highest BCUT2D eigenvalue weighted by atomic mass is 14.1. The van der Waals surface area contributed by atoms with Crippen LogP contribution in [0.3, 0.4) is 0 Å². The van der Waals surface area contributed by atoms with Crippen LogP contribution in [-0.4, -0.2) is 0 Å². The van der Waals surface area contributed by atoms with Crippen LogP contribution in [0.1, 0.15) is 98.3 Å². The van der Waals surface area contributed by atoms with Crippen LogP contribution in [0.25, 0.3) is 0 Å². The highest BCUT2D eigenvalue weighted by Crippen LogP contribution is 2.18. The monoisotopic (exact) mass is 264 g/mol. The van der Waals surface area contributed by atoms with Gasteiger partial charge in [0.05, 0.1) is 0 Å². The molecule has 0 atom stereocenters. The van der Waals surface area contributed by atoms with E-state index < -0.39 is 0 Å². The van der Waals surface area contributed by atoms with Gasteiger partial charge in [0.2, 0.25) is 0 Å². The van der Waals surface area contributed by atoms with E-state index in [0.29, 0.717) is 11.8 Å². The summed E-state index contributed by atoms with van der Waals surface area (Å²) in [5, 5.41) is 0. The molecule has 0 aliphatic carbocycles. The number of hydrogen-bond donors (Lipinski definition) is 0. The van der Waals surface area contributed by atoms with Gasteiger partial charge < -0.3 is 0 Å². The summed E-state index contributed by atoms with van der Waals surface area (Å²) in [4.78, 5) is 0. The molecule has 0 heterocycles.